The lowest BCUT2D eigenvalue weighted by Crippen LogP contribution is -2.41. The molecule has 1 aromatic heterocycles. The minimum Gasteiger partial charge on any atom is -0.493 e. The number of hydrogen-bond donors (Lipinski definition) is 1. The highest BCUT2D eigenvalue weighted by atomic mass is 35.5. The van der Waals surface area contributed by atoms with Crippen LogP contribution in [0.4, 0.5) is 0 Å². The molecule has 4 aromatic rings. The van der Waals surface area contributed by atoms with Crippen LogP contribution in [0.1, 0.15) is 78.3 Å². The number of nitriles is 1. The standard InChI is InChI=1S/C45H54ClN5O3/c1-33-37(9-6-10-39(33)40-11-7-12-42(34(40)2)52-22-8-19-50-20-14-45(15-21-50)13-16-48-32-45)31-54-44-25-43(53-30-36-23-35(26-47)27-49-28-36)38(24-41(44)46)29-51-17-4-3-5-18-51/h6-7,9-12,23-25,27-28,48H,3-5,8,13-22,29-32H2,1-2H3. The Morgan fingerprint density at radius 2 is 1.57 bits per heavy atom. The highest BCUT2D eigenvalue weighted by Crippen LogP contribution is 2.38. The van der Waals surface area contributed by atoms with E-state index in [0.29, 0.717) is 35.0 Å². The Morgan fingerprint density at radius 1 is 0.796 bits per heavy atom. The van der Waals surface area contributed by atoms with E-state index in [0.717, 1.165) is 71.9 Å². The summed E-state index contributed by atoms with van der Waals surface area (Å²) in [4.78, 5) is 9.27. The summed E-state index contributed by atoms with van der Waals surface area (Å²) in [6, 6.07) is 20.6. The second-order valence-corrected chi connectivity index (χ2v) is 15.9. The zero-order valence-corrected chi connectivity index (χ0v) is 32.7. The van der Waals surface area contributed by atoms with Crippen LogP contribution in [0.5, 0.6) is 17.2 Å². The molecule has 3 saturated heterocycles. The monoisotopic (exact) mass is 747 g/mol. The van der Waals surface area contributed by atoms with Crippen molar-refractivity contribution in [1.29, 1.82) is 5.26 Å². The van der Waals surface area contributed by atoms with Crippen molar-refractivity contribution in [2.45, 2.75) is 78.6 Å². The van der Waals surface area contributed by atoms with Gasteiger partial charge in [-0.05, 0) is 137 Å². The SMILES string of the molecule is Cc1c(COc2cc(OCc3cncc(C#N)c3)c(CN3CCCCC3)cc2Cl)cccc1-c1cccc(OCCCN2CCC3(CCNC3)CC2)c1C. The van der Waals surface area contributed by atoms with Gasteiger partial charge in [0, 0.05) is 49.2 Å². The fraction of sp³-hybridized carbons (Fsp3) is 0.467. The predicted molar refractivity (Wildman–Crippen MR) is 215 cm³/mol. The van der Waals surface area contributed by atoms with Crippen LogP contribution in [0, 0.1) is 30.6 Å². The van der Waals surface area contributed by atoms with Crippen LogP contribution in [0.15, 0.2) is 67.0 Å². The van der Waals surface area contributed by atoms with Gasteiger partial charge in [-0.25, -0.2) is 0 Å². The third kappa shape index (κ3) is 9.38. The van der Waals surface area contributed by atoms with E-state index in [9.17, 15) is 5.26 Å². The van der Waals surface area contributed by atoms with Crippen LogP contribution in [-0.2, 0) is 19.8 Å². The lowest BCUT2D eigenvalue weighted by atomic mass is 9.78. The van der Waals surface area contributed by atoms with Gasteiger partial charge in [0.05, 0.1) is 17.2 Å². The van der Waals surface area contributed by atoms with Gasteiger partial charge in [-0.3, -0.25) is 9.88 Å². The van der Waals surface area contributed by atoms with Crippen LogP contribution in [0.25, 0.3) is 11.1 Å². The number of rotatable bonds is 14. The second kappa shape index (κ2) is 18.0. The maximum atomic E-state index is 9.35. The fourth-order valence-corrected chi connectivity index (χ4v) is 8.63. The Hall–Kier alpha value is -4.13. The smallest absolute Gasteiger partial charge is 0.142 e. The Labute approximate surface area is 326 Å². The second-order valence-electron chi connectivity index (χ2n) is 15.5. The number of halogens is 1. The molecule has 1 spiro atoms. The highest BCUT2D eigenvalue weighted by Gasteiger charge is 2.36. The van der Waals surface area contributed by atoms with Gasteiger partial charge in [-0.15, -0.1) is 0 Å². The Bertz CT molecular complexity index is 1920. The molecule has 0 atom stereocenters. The van der Waals surface area contributed by atoms with Crippen LogP contribution in [0.3, 0.4) is 0 Å². The van der Waals surface area contributed by atoms with Crippen molar-refractivity contribution in [3.8, 4) is 34.4 Å². The maximum absolute atomic E-state index is 9.35. The van der Waals surface area contributed by atoms with Crippen molar-refractivity contribution in [2.24, 2.45) is 5.41 Å². The van der Waals surface area contributed by atoms with E-state index in [4.69, 9.17) is 25.8 Å². The quantitative estimate of drug-likeness (QED) is 0.128. The largest absolute Gasteiger partial charge is 0.493 e. The summed E-state index contributed by atoms with van der Waals surface area (Å²) in [6.45, 7) is 14.5. The molecule has 284 valence electrons. The molecule has 0 bridgehead atoms. The number of nitrogens with one attached hydrogen (secondary N) is 1. The number of aromatic nitrogens is 1. The Kier molecular flexibility index (Phi) is 12.7. The molecule has 4 heterocycles. The summed E-state index contributed by atoms with van der Waals surface area (Å²) < 4.78 is 19.2. The van der Waals surface area contributed by atoms with E-state index >= 15 is 0 Å². The number of piperidine rings is 2. The minimum atomic E-state index is 0.289. The molecular formula is C45H54ClN5O3. The molecule has 8 nitrogen and oxygen atoms in total. The average Bonchev–Trinajstić information content (AvgIpc) is 3.66. The van der Waals surface area contributed by atoms with E-state index in [1.807, 2.05) is 18.2 Å². The predicted octanol–water partition coefficient (Wildman–Crippen LogP) is 8.88. The first-order valence-electron chi connectivity index (χ1n) is 19.8. The molecule has 3 aromatic carbocycles. The van der Waals surface area contributed by atoms with Gasteiger partial charge >= 0.3 is 0 Å². The topological polar surface area (TPSA) is 82.9 Å². The summed E-state index contributed by atoms with van der Waals surface area (Å²) >= 11 is 6.91. The number of benzene rings is 3. The number of pyridine rings is 1. The number of ether oxygens (including phenoxy) is 3. The molecule has 0 saturated carbocycles. The van der Waals surface area contributed by atoms with E-state index in [2.05, 4.69) is 76.4 Å². The molecule has 0 radical (unpaired) electrons. The highest BCUT2D eigenvalue weighted by molar-refractivity contribution is 6.32. The molecule has 0 aliphatic carbocycles. The Morgan fingerprint density at radius 3 is 2.35 bits per heavy atom. The first-order valence-corrected chi connectivity index (χ1v) is 20.2. The molecule has 1 N–H and O–H groups in total. The first kappa shape index (κ1) is 38.2. The molecule has 7 rings (SSSR count). The van der Waals surface area contributed by atoms with Crippen molar-refractivity contribution in [1.82, 2.24) is 20.1 Å². The summed E-state index contributed by atoms with van der Waals surface area (Å²) in [5, 5.41) is 13.5. The molecule has 0 amide bonds. The van der Waals surface area contributed by atoms with Crippen LogP contribution >= 0.6 is 11.6 Å². The molecule has 0 unspecified atom stereocenters. The van der Waals surface area contributed by atoms with E-state index in [-0.39, 0.29) is 6.61 Å². The van der Waals surface area contributed by atoms with Crippen LogP contribution in [0.2, 0.25) is 5.02 Å². The molecule has 3 aliphatic heterocycles. The third-order valence-electron chi connectivity index (χ3n) is 11.8. The lowest BCUT2D eigenvalue weighted by Gasteiger charge is -2.38. The normalized spacial score (nSPS) is 17.4. The van der Waals surface area contributed by atoms with Crippen LogP contribution in [-0.4, -0.2) is 67.2 Å². The fourth-order valence-electron chi connectivity index (χ4n) is 8.38. The average molecular weight is 748 g/mol. The lowest BCUT2D eigenvalue weighted by molar-refractivity contribution is 0.113. The van der Waals surface area contributed by atoms with Crippen molar-refractivity contribution >= 4 is 11.6 Å². The minimum absolute atomic E-state index is 0.289. The molecule has 9 heteroatoms. The summed E-state index contributed by atoms with van der Waals surface area (Å²) in [5.41, 5.74) is 8.67. The maximum Gasteiger partial charge on any atom is 0.142 e. The van der Waals surface area contributed by atoms with Crippen molar-refractivity contribution in [3.63, 3.8) is 0 Å². The van der Waals surface area contributed by atoms with E-state index in [1.165, 1.54) is 75.8 Å². The number of nitrogens with zero attached hydrogens (tertiary/aromatic N) is 4. The van der Waals surface area contributed by atoms with Gasteiger partial charge in [-0.2, -0.15) is 5.26 Å². The van der Waals surface area contributed by atoms with Gasteiger partial charge in [0.15, 0.2) is 0 Å². The van der Waals surface area contributed by atoms with Gasteiger partial charge in [0.25, 0.3) is 0 Å². The van der Waals surface area contributed by atoms with E-state index < -0.39 is 0 Å². The molecule has 54 heavy (non-hydrogen) atoms. The Balaban J connectivity index is 1.00. The zero-order chi connectivity index (χ0) is 37.3. The summed E-state index contributed by atoms with van der Waals surface area (Å²) in [6.07, 6.45) is 12.0. The zero-order valence-electron chi connectivity index (χ0n) is 32.0. The van der Waals surface area contributed by atoms with Gasteiger partial charge in [0.1, 0.15) is 36.5 Å². The summed E-state index contributed by atoms with van der Waals surface area (Å²) in [5.74, 6) is 2.25. The number of hydrogen-bond acceptors (Lipinski definition) is 8. The van der Waals surface area contributed by atoms with E-state index in [1.54, 1.807) is 12.4 Å². The van der Waals surface area contributed by atoms with Crippen LogP contribution < -0.4 is 19.5 Å². The van der Waals surface area contributed by atoms with Crippen molar-refractivity contribution < 1.29 is 14.2 Å². The van der Waals surface area contributed by atoms with Gasteiger partial charge < -0.3 is 24.4 Å². The number of likely N-dealkylation sites (tertiary alicyclic amines) is 2. The molecule has 3 aliphatic rings. The molecular weight excluding hydrogens is 694 g/mol. The summed E-state index contributed by atoms with van der Waals surface area (Å²) in [7, 11) is 0. The van der Waals surface area contributed by atoms with Crippen molar-refractivity contribution in [3.05, 3.63) is 105 Å². The van der Waals surface area contributed by atoms with Crippen molar-refractivity contribution in [2.75, 3.05) is 52.4 Å². The van der Waals surface area contributed by atoms with Gasteiger partial charge in [-0.1, -0.05) is 48.4 Å². The third-order valence-corrected chi connectivity index (χ3v) is 12.1. The first-order chi connectivity index (χ1) is 26.4. The molecule has 3 fully saturated rings. The van der Waals surface area contributed by atoms with Gasteiger partial charge in [0.2, 0.25) is 0 Å².